The summed E-state index contributed by atoms with van der Waals surface area (Å²) in [5, 5.41) is 0. The van der Waals surface area contributed by atoms with Gasteiger partial charge in [-0.1, -0.05) is 6.42 Å². The Morgan fingerprint density at radius 1 is 1.39 bits per heavy atom. The summed E-state index contributed by atoms with van der Waals surface area (Å²) in [6.45, 7) is 2.70. The highest BCUT2D eigenvalue weighted by Gasteiger charge is 2.30. The molecule has 7 heteroatoms. The molecular weight excluding hydrogens is 296 g/mol. The predicted octanol–water partition coefficient (Wildman–Crippen LogP) is 1.53. The molecule has 1 fully saturated rings. The van der Waals surface area contributed by atoms with Crippen LogP contribution in [0.25, 0.3) is 0 Å². The van der Waals surface area contributed by atoms with Crippen LogP contribution in [-0.4, -0.2) is 32.3 Å². The first-order valence-electron chi connectivity index (χ1n) is 7.96. The molecule has 0 bridgehead atoms. The minimum Gasteiger partial charge on any atom is -0.445 e. The fourth-order valence-electron chi connectivity index (χ4n) is 3.07. The number of aromatic amines is 1. The van der Waals surface area contributed by atoms with Crippen LogP contribution in [0, 0.1) is 6.92 Å². The molecule has 120 valence electrons. The van der Waals surface area contributed by atoms with Crippen LogP contribution in [-0.2, 0) is 13.0 Å². The molecule has 1 amide bonds. The molecule has 1 saturated carbocycles. The van der Waals surface area contributed by atoms with E-state index in [4.69, 9.17) is 4.42 Å². The maximum atomic E-state index is 12.6. The number of aryl methyl sites for hydroxylation is 1. The van der Waals surface area contributed by atoms with Crippen molar-refractivity contribution in [1.82, 2.24) is 19.9 Å². The second kappa shape index (κ2) is 5.33. The molecule has 4 rings (SSSR count). The highest BCUT2D eigenvalue weighted by Crippen LogP contribution is 2.37. The minimum atomic E-state index is -0.500. The summed E-state index contributed by atoms with van der Waals surface area (Å²) in [7, 11) is 0. The van der Waals surface area contributed by atoms with Crippen LogP contribution in [0.5, 0.6) is 0 Å². The summed E-state index contributed by atoms with van der Waals surface area (Å²) >= 11 is 0. The lowest BCUT2D eigenvalue weighted by molar-refractivity contribution is 0.0721. The van der Waals surface area contributed by atoms with E-state index in [0.717, 1.165) is 30.2 Å². The van der Waals surface area contributed by atoms with E-state index in [2.05, 4.69) is 15.0 Å². The number of oxazole rings is 1. The Kier molecular flexibility index (Phi) is 3.28. The van der Waals surface area contributed by atoms with Crippen LogP contribution < -0.4 is 5.69 Å². The van der Waals surface area contributed by atoms with E-state index in [1.807, 2.05) is 0 Å². The van der Waals surface area contributed by atoms with Crippen LogP contribution in [0.3, 0.4) is 0 Å². The molecule has 0 radical (unpaired) electrons. The summed E-state index contributed by atoms with van der Waals surface area (Å²) in [6, 6.07) is 1.60. The Balaban J connectivity index is 1.56. The lowest BCUT2D eigenvalue weighted by Crippen LogP contribution is -2.37. The lowest BCUT2D eigenvalue weighted by Gasteiger charge is -2.24. The molecule has 23 heavy (non-hydrogen) atoms. The van der Waals surface area contributed by atoms with Gasteiger partial charge in [0, 0.05) is 24.6 Å². The molecule has 2 aliphatic rings. The number of aromatic nitrogens is 3. The monoisotopic (exact) mass is 314 g/mol. The fraction of sp³-hybridized carbons (Fsp3) is 0.500. The van der Waals surface area contributed by atoms with Gasteiger partial charge in [0.05, 0.1) is 6.54 Å². The van der Waals surface area contributed by atoms with Crippen molar-refractivity contribution in [2.75, 3.05) is 6.54 Å². The number of H-pyrrole nitrogens is 1. The van der Waals surface area contributed by atoms with E-state index in [-0.39, 0.29) is 11.6 Å². The zero-order valence-corrected chi connectivity index (χ0v) is 13.0. The van der Waals surface area contributed by atoms with Crippen molar-refractivity contribution in [2.24, 2.45) is 0 Å². The molecule has 0 atom stereocenters. The van der Waals surface area contributed by atoms with Crippen molar-refractivity contribution < 1.29 is 9.21 Å². The Morgan fingerprint density at radius 2 is 2.22 bits per heavy atom. The summed E-state index contributed by atoms with van der Waals surface area (Å²) < 4.78 is 5.86. The first kappa shape index (κ1) is 14.2. The lowest BCUT2D eigenvalue weighted by atomic mass is 9.85. The van der Waals surface area contributed by atoms with Gasteiger partial charge in [-0.15, -0.1) is 0 Å². The van der Waals surface area contributed by atoms with E-state index in [1.54, 1.807) is 17.9 Å². The van der Waals surface area contributed by atoms with Gasteiger partial charge < -0.3 is 14.3 Å². The summed E-state index contributed by atoms with van der Waals surface area (Å²) in [6.07, 6.45) is 4.16. The first-order valence-corrected chi connectivity index (χ1v) is 7.96. The average molecular weight is 314 g/mol. The van der Waals surface area contributed by atoms with Crippen molar-refractivity contribution in [1.29, 1.82) is 0 Å². The number of hydrogen-bond acceptors (Lipinski definition) is 5. The van der Waals surface area contributed by atoms with Crippen molar-refractivity contribution in [2.45, 2.75) is 45.1 Å². The van der Waals surface area contributed by atoms with Gasteiger partial charge in [-0.05, 0) is 25.8 Å². The van der Waals surface area contributed by atoms with Crippen molar-refractivity contribution in [3.8, 4) is 0 Å². The zero-order chi connectivity index (χ0) is 16.0. The van der Waals surface area contributed by atoms with E-state index in [9.17, 15) is 9.59 Å². The number of nitrogens with zero attached hydrogens (tertiary/aromatic N) is 3. The summed E-state index contributed by atoms with van der Waals surface area (Å²) in [5.74, 6) is 1.92. The van der Waals surface area contributed by atoms with Gasteiger partial charge in [0.15, 0.2) is 5.89 Å². The van der Waals surface area contributed by atoms with Crippen LogP contribution in [0.4, 0.5) is 0 Å². The van der Waals surface area contributed by atoms with Crippen LogP contribution in [0.15, 0.2) is 15.3 Å². The molecule has 0 unspecified atom stereocenters. The maximum absolute atomic E-state index is 12.6. The Hall–Kier alpha value is -2.44. The van der Waals surface area contributed by atoms with Gasteiger partial charge in [0.2, 0.25) is 0 Å². The molecule has 3 heterocycles. The van der Waals surface area contributed by atoms with Gasteiger partial charge in [-0.25, -0.2) is 9.78 Å². The van der Waals surface area contributed by atoms with Gasteiger partial charge in [0.1, 0.15) is 17.1 Å². The van der Waals surface area contributed by atoms with Crippen molar-refractivity contribution >= 4 is 5.91 Å². The highest BCUT2D eigenvalue weighted by molar-refractivity contribution is 5.92. The molecule has 1 aliphatic carbocycles. The quantitative estimate of drug-likeness (QED) is 0.907. The van der Waals surface area contributed by atoms with E-state index in [1.165, 1.54) is 6.42 Å². The molecular formula is C16H18N4O3. The zero-order valence-electron chi connectivity index (χ0n) is 13.0. The molecule has 0 saturated heterocycles. The molecule has 2 aromatic heterocycles. The van der Waals surface area contributed by atoms with Gasteiger partial charge in [0.25, 0.3) is 5.91 Å². The number of fused-ring (bicyclic) bond motifs is 1. The topological polar surface area (TPSA) is 92.1 Å². The van der Waals surface area contributed by atoms with E-state index in [0.29, 0.717) is 31.1 Å². The van der Waals surface area contributed by atoms with Gasteiger partial charge in [-0.3, -0.25) is 4.79 Å². The summed E-state index contributed by atoms with van der Waals surface area (Å²) in [5.41, 5.74) is 1.14. The van der Waals surface area contributed by atoms with Crippen molar-refractivity contribution in [3.63, 3.8) is 0 Å². The van der Waals surface area contributed by atoms with E-state index < -0.39 is 5.69 Å². The average Bonchev–Trinajstić information content (AvgIpc) is 2.85. The SMILES string of the molecule is Cc1cc(C(=O)N2CCc3oc(C4CCC4)nc3C2)nc(=O)[nH]1. The second-order valence-corrected chi connectivity index (χ2v) is 6.28. The Bertz CT molecular complexity index is 819. The van der Waals surface area contributed by atoms with Crippen LogP contribution in [0.1, 0.15) is 58.7 Å². The van der Waals surface area contributed by atoms with Crippen LogP contribution in [0.2, 0.25) is 0 Å². The molecule has 2 aromatic rings. The van der Waals surface area contributed by atoms with Gasteiger partial charge in [-0.2, -0.15) is 4.98 Å². The molecule has 1 aliphatic heterocycles. The number of rotatable bonds is 2. The predicted molar refractivity (Wildman–Crippen MR) is 81.1 cm³/mol. The third kappa shape index (κ3) is 2.56. The minimum absolute atomic E-state index is 0.178. The number of carbonyl (C=O) groups is 1. The molecule has 7 nitrogen and oxygen atoms in total. The van der Waals surface area contributed by atoms with Crippen molar-refractivity contribution in [3.05, 3.63) is 45.3 Å². The van der Waals surface area contributed by atoms with Crippen LogP contribution >= 0.6 is 0 Å². The van der Waals surface area contributed by atoms with Gasteiger partial charge >= 0.3 is 5.69 Å². The number of carbonyl (C=O) groups excluding carboxylic acids is 1. The number of amides is 1. The largest absolute Gasteiger partial charge is 0.445 e. The smallest absolute Gasteiger partial charge is 0.345 e. The number of nitrogens with one attached hydrogen (secondary N) is 1. The maximum Gasteiger partial charge on any atom is 0.345 e. The Labute approximate surface area is 132 Å². The highest BCUT2D eigenvalue weighted by atomic mass is 16.4. The normalized spacial score (nSPS) is 17.7. The van der Waals surface area contributed by atoms with E-state index >= 15 is 0 Å². The summed E-state index contributed by atoms with van der Waals surface area (Å²) in [4.78, 5) is 36.6. The molecule has 0 aromatic carbocycles. The number of hydrogen-bond donors (Lipinski definition) is 1. The Morgan fingerprint density at radius 3 is 2.91 bits per heavy atom. The molecule has 0 spiro atoms. The third-order valence-corrected chi connectivity index (χ3v) is 4.58. The standard InChI is InChI=1S/C16H18N4O3/c1-9-7-11(19-16(22)17-9)15(21)20-6-5-13-12(8-20)18-14(23-13)10-3-2-4-10/h7,10H,2-6,8H2,1H3,(H,17,19,22). The molecule has 1 N–H and O–H groups in total. The third-order valence-electron chi connectivity index (χ3n) is 4.58. The second-order valence-electron chi connectivity index (χ2n) is 6.28. The first-order chi connectivity index (χ1) is 11.1. The fourth-order valence-corrected chi connectivity index (χ4v) is 3.07.